The van der Waals surface area contributed by atoms with Gasteiger partial charge in [0.05, 0.1) is 0 Å². The second-order valence-corrected chi connectivity index (χ2v) is 2.31. The smallest absolute Gasteiger partial charge is 0.294 e. The Kier molecular flexibility index (Phi) is 2.01. The maximum absolute atomic E-state index is 10.6. The number of nitrogens with one attached hydrogen (secondary N) is 1. The van der Waals surface area contributed by atoms with Crippen LogP contribution in [0.4, 0.5) is 0 Å². The van der Waals surface area contributed by atoms with Gasteiger partial charge in [0, 0.05) is 4.08 Å². The topological polar surface area (TPSA) is 38.3 Å². The molecule has 1 fully saturated rings. The zero-order chi connectivity index (χ0) is 6.85. The molecule has 0 bridgehead atoms. The molecule has 0 saturated carbocycles. The zero-order valence-corrected chi connectivity index (χ0v) is 7.15. The Balaban J connectivity index is 2.81. The van der Waals surface area contributed by atoms with Crippen molar-refractivity contribution < 1.29 is 9.53 Å². The summed E-state index contributed by atoms with van der Waals surface area (Å²) in [5.41, 5.74) is 0. The van der Waals surface area contributed by atoms with Gasteiger partial charge in [0.1, 0.15) is 0 Å². The van der Waals surface area contributed by atoms with Crippen LogP contribution in [0.5, 0.6) is 0 Å². The van der Waals surface area contributed by atoms with E-state index in [4.69, 9.17) is 4.74 Å². The highest BCUT2D eigenvalue weighted by Crippen LogP contribution is 2.07. The third kappa shape index (κ3) is 1.39. The van der Waals surface area contributed by atoms with E-state index in [0.29, 0.717) is 0 Å². The fraction of sp³-hybridized carbons (Fsp3) is 0. The van der Waals surface area contributed by atoms with Crippen molar-refractivity contribution in [1.29, 1.82) is 0 Å². The van der Waals surface area contributed by atoms with Gasteiger partial charge in [-0.2, -0.15) is 0 Å². The Morgan fingerprint density at radius 2 is 2.44 bits per heavy atom. The first-order chi connectivity index (χ1) is 4.24. The fourth-order valence-corrected chi connectivity index (χ4v) is 0.990. The molecule has 0 radical (unpaired) electrons. The molecule has 5 heteroatoms. The summed E-state index contributed by atoms with van der Waals surface area (Å²) in [6.45, 7) is 0. The van der Waals surface area contributed by atoms with Crippen LogP contribution >= 0.6 is 34.8 Å². The molecule has 0 aromatic rings. The third-order valence-corrected chi connectivity index (χ3v) is 1.49. The summed E-state index contributed by atoms with van der Waals surface area (Å²) < 4.78 is 6.28. The quantitative estimate of drug-likeness (QED) is 0.393. The van der Waals surface area contributed by atoms with E-state index in [1.165, 1.54) is 4.08 Å². The number of carbonyl (C=O) groups excluding carboxylic acids is 1. The predicted octanol–water partition coefficient (Wildman–Crippen LogP) is 0.694. The van der Waals surface area contributed by atoms with Gasteiger partial charge in [0.2, 0.25) is 5.76 Å². The number of hydrogen-bond acceptors (Lipinski definition) is 3. The van der Waals surface area contributed by atoms with Crippen LogP contribution in [0, 0.1) is 0 Å². The first kappa shape index (κ1) is 6.94. The number of thiocarbonyl (C=S) groups is 1. The monoisotopic (exact) mass is 255 g/mol. The van der Waals surface area contributed by atoms with E-state index < -0.39 is 0 Å². The van der Waals surface area contributed by atoms with E-state index >= 15 is 0 Å². The maximum Gasteiger partial charge on any atom is 0.294 e. The number of halogens is 1. The molecule has 1 saturated heterocycles. The summed E-state index contributed by atoms with van der Waals surface area (Å²) >= 11 is 6.45. The van der Waals surface area contributed by atoms with Crippen molar-refractivity contribution in [2.45, 2.75) is 0 Å². The van der Waals surface area contributed by atoms with Gasteiger partial charge in [0.25, 0.3) is 11.1 Å². The van der Waals surface area contributed by atoms with Crippen molar-refractivity contribution in [3.05, 3.63) is 9.84 Å². The van der Waals surface area contributed by atoms with E-state index in [9.17, 15) is 4.79 Å². The van der Waals surface area contributed by atoms with Crippen molar-refractivity contribution in [2.24, 2.45) is 0 Å². The van der Waals surface area contributed by atoms with E-state index in [0.717, 1.165) is 0 Å². The Labute approximate surface area is 70.6 Å². The molecule has 1 rings (SSSR count). The summed E-state index contributed by atoms with van der Waals surface area (Å²) in [5.74, 6) is -0.00463. The molecule has 0 atom stereocenters. The average Bonchev–Trinajstić information content (AvgIpc) is 2.10. The fourth-order valence-electron chi connectivity index (χ4n) is 0.398. The SMILES string of the molecule is O=C1NC(=S)O/C1=C/I. The Hall–Kier alpha value is -0.170. The summed E-state index contributed by atoms with van der Waals surface area (Å²) in [7, 11) is 0. The molecule has 1 aliphatic heterocycles. The van der Waals surface area contributed by atoms with Crippen LogP contribution in [-0.4, -0.2) is 11.1 Å². The summed E-state index contributed by atoms with van der Waals surface area (Å²) in [4.78, 5) is 10.6. The lowest BCUT2D eigenvalue weighted by atomic mass is 10.6. The highest BCUT2D eigenvalue weighted by atomic mass is 127. The van der Waals surface area contributed by atoms with Crippen molar-refractivity contribution in [3.63, 3.8) is 0 Å². The van der Waals surface area contributed by atoms with Crippen LogP contribution in [0.15, 0.2) is 9.84 Å². The molecule has 0 spiro atoms. The van der Waals surface area contributed by atoms with Crippen molar-refractivity contribution in [3.8, 4) is 0 Å². The van der Waals surface area contributed by atoms with E-state index in [2.05, 4.69) is 17.5 Å². The van der Waals surface area contributed by atoms with E-state index in [-0.39, 0.29) is 16.8 Å². The molecular formula is C4H2INO2S. The first-order valence-corrected chi connectivity index (χ1v) is 3.73. The molecule has 1 amide bonds. The van der Waals surface area contributed by atoms with E-state index in [1.54, 1.807) is 0 Å². The van der Waals surface area contributed by atoms with Crippen LogP contribution in [-0.2, 0) is 9.53 Å². The molecule has 1 N–H and O–H groups in total. The Bertz CT molecular complexity index is 201. The van der Waals surface area contributed by atoms with Crippen LogP contribution in [0.2, 0.25) is 0 Å². The van der Waals surface area contributed by atoms with Crippen LogP contribution < -0.4 is 5.32 Å². The normalized spacial score (nSPS) is 22.1. The molecule has 48 valence electrons. The lowest BCUT2D eigenvalue weighted by Gasteiger charge is -1.86. The minimum Gasteiger partial charge on any atom is -0.425 e. The largest absolute Gasteiger partial charge is 0.425 e. The maximum atomic E-state index is 10.6. The highest BCUT2D eigenvalue weighted by molar-refractivity contribution is 14.1. The van der Waals surface area contributed by atoms with Gasteiger partial charge in [-0.3, -0.25) is 10.1 Å². The molecule has 0 unspecified atom stereocenters. The molecule has 0 aromatic heterocycles. The summed E-state index contributed by atoms with van der Waals surface area (Å²) in [6, 6.07) is 0. The van der Waals surface area contributed by atoms with Gasteiger partial charge >= 0.3 is 0 Å². The number of rotatable bonds is 0. The molecule has 1 heterocycles. The van der Waals surface area contributed by atoms with Crippen LogP contribution in [0.25, 0.3) is 0 Å². The predicted molar refractivity (Wildman–Crippen MR) is 43.9 cm³/mol. The summed E-state index contributed by atoms with van der Waals surface area (Å²) in [5, 5.41) is 2.44. The van der Waals surface area contributed by atoms with Crippen molar-refractivity contribution in [1.82, 2.24) is 5.32 Å². The number of ether oxygens (including phenoxy) is 1. The lowest BCUT2D eigenvalue weighted by Crippen LogP contribution is -2.18. The highest BCUT2D eigenvalue weighted by Gasteiger charge is 2.21. The summed E-state index contributed by atoms with van der Waals surface area (Å²) in [6.07, 6.45) is 0. The lowest BCUT2D eigenvalue weighted by molar-refractivity contribution is -0.116. The molecule has 3 nitrogen and oxygen atoms in total. The molecule has 9 heavy (non-hydrogen) atoms. The van der Waals surface area contributed by atoms with Gasteiger partial charge in [0.15, 0.2) is 0 Å². The van der Waals surface area contributed by atoms with Gasteiger partial charge in [-0.25, -0.2) is 0 Å². The Morgan fingerprint density at radius 1 is 1.78 bits per heavy atom. The van der Waals surface area contributed by atoms with Crippen molar-refractivity contribution in [2.75, 3.05) is 0 Å². The number of carbonyl (C=O) groups is 1. The third-order valence-electron chi connectivity index (χ3n) is 0.741. The second-order valence-electron chi connectivity index (χ2n) is 1.32. The standard InChI is InChI=1S/C4H2INO2S/c5-1-2-3(7)6-4(9)8-2/h1H,(H,6,7,9)/b2-1+. The molecule has 0 aliphatic carbocycles. The second kappa shape index (κ2) is 2.61. The number of amides is 1. The molecule has 0 aromatic carbocycles. The molecular weight excluding hydrogens is 253 g/mol. The zero-order valence-electron chi connectivity index (χ0n) is 4.18. The molecule has 1 aliphatic rings. The first-order valence-electron chi connectivity index (χ1n) is 2.07. The van der Waals surface area contributed by atoms with Crippen molar-refractivity contribution >= 4 is 45.9 Å². The Morgan fingerprint density at radius 3 is 2.67 bits per heavy atom. The van der Waals surface area contributed by atoms with Crippen LogP contribution in [0.1, 0.15) is 0 Å². The van der Waals surface area contributed by atoms with Gasteiger partial charge in [-0.1, -0.05) is 0 Å². The van der Waals surface area contributed by atoms with Gasteiger partial charge in [-0.05, 0) is 34.8 Å². The average molecular weight is 255 g/mol. The van der Waals surface area contributed by atoms with Crippen LogP contribution in [0.3, 0.4) is 0 Å². The minimum absolute atomic E-state index is 0.128. The minimum atomic E-state index is -0.269. The van der Waals surface area contributed by atoms with Gasteiger partial charge < -0.3 is 4.74 Å². The van der Waals surface area contributed by atoms with Gasteiger partial charge in [-0.15, -0.1) is 0 Å². The number of hydrogen-bond donors (Lipinski definition) is 1. The van der Waals surface area contributed by atoms with E-state index in [1.807, 2.05) is 22.6 Å².